The van der Waals surface area contributed by atoms with Gasteiger partial charge in [0.25, 0.3) is 0 Å². The van der Waals surface area contributed by atoms with Crippen molar-refractivity contribution in [3.05, 3.63) is 71.0 Å². The number of nitrogens with zero attached hydrogens (tertiary/aromatic N) is 2. The van der Waals surface area contributed by atoms with Gasteiger partial charge in [-0.25, -0.2) is 17.6 Å². The van der Waals surface area contributed by atoms with Crippen LogP contribution in [0.1, 0.15) is 101 Å². The summed E-state index contributed by atoms with van der Waals surface area (Å²) in [7, 11) is -6.09. The average Bonchev–Trinajstić information content (AvgIpc) is 3.17. The molecule has 38 heavy (non-hydrogen) atoms. The third-order valence-electron chi connectivity index (χ3n) is 6.31. The van der Waals surface area contributed by atoms with Crippen LogP contribution in [-0.4, -0.2) is 23.0 Å². The number of benzene rings is 2. The molecule has 6 nitrogen and oxygen atoms in total. The summed E-state index contributed by atoms with van der Waals surface area (Å²) in [4.78, 5) is 0. The van der Waals surface area contributed by atoms with E-state index in [2.05, 4.69) is 113 Å². The van der Waals surface area contributed by atoms with E-state index in [1.54, 1.807) is 0 Å². The number of hydrogen-bond donors (Lipinski definition) is 1. The van der Waals surface area contributed by atoms with E-state index in [1.807, 2.05) is 0 Å². The first-order chi connectivity index (χ1) is 17.4. The maximum atomic E-state index is 10.7. The molecule has 0 radical (unpaired) electrons. The summed E-state index contributed by atoms with van der Waals surface area (Å²) in [5.74, 6) is 2.43. The third-order valence-corrected chi connectivity index (χ3v) is 6.88. The fraction of sp³-hybridized carbons (Fsp3) is 0.464. The van der Waals surface area contributed by atoms with Gasteiger partial charge in [-0.3, -0.25) is 5.73 Å². The number of hydrogen-bond acceptors (Lipinski definition) is 4. The van der Waals surface area contributed by atoms with E-state index in [9.17, 15) is 13.2 Å². The van der Waals surface area contributed by atoms with Gasteiger partial charge in [0, 0.05) is 0 Å². The van der Waals surface area contributed by atoms with Gasteiger partial charge < -0.3 is 4.55 Å². The highest BCUT2D eigenvalue weighted by atomic mass is 32.2. The Kier molecular flexibility index (Phi) is 9.83. The second-order valence-corrected chi connectivity index (χ2v) is 11.9. The van der Waals surface area contributed by atoms with Crippen molar-refractivity contribution >= 4 is 16.1 Å². The maximum absolute atomic E-state index is 10.7. The average molecular weight is 554 g/mol. The summed E-state index contributed by atoms with van der Waals surface area (Å²) in [5.41, 5.74) is 9.00. The number of rotatable bonds is 6. The van der Waals surface area contributed by atoms with Gasteiger partial charge in [0.2, 0.25) is 0 Å². The van der Waals surface area contributed by atoms with E-state index < -0.39 is 15.6 Å². The molecule has 0 saturated heterocycles. The van der Waals surface area contributed by atoms with Crippen LogP contribution >= 0.6 is 0 Å². The Morgan fingerprint density at radius 2 is 1.13 bits per heavy atom. The van der Waals surface area contributed by atoms with Crippen molar-refractivity contribution in [1.82, 2.24) is 4.57 Å². The highest BCUT2D eigenvalue weighted by Gasteiger charge is 2.37. The Bertz CT molecular complexity index is 1230. The van der Waals surface area contributed by atoms with E-state index in [-0.39, 0.29) is 0 Å². The Morgan fingerprint density at radius 3 is 1.45 bits per heavy atom. The summed E-state index contributed by atoms with van der Waals surface area (Å²) in [6, 6.07) is 13.3. The van der Waals surface area contributed by atoms with E-state index in [0.717, 1.165) is 5.95 Å². The molecule has 0 saturated carbocycles. The number of nitrogen functional groups attached to an aromatic ring is 1. The highest BCUT2D eigenvalue weighted by molar-refractivity contribution is 7.86. The van der Waals surface area contributed by atoms with Crippen molar-refractivity contribution in [3.8, 4) is 11.4 Å². The Labute approximate surface area is 224 Å². The van der Waals surface area contributed by atoms with Crippen LogP contribution in [0.5, 0.6) is 0 Å². The van der Waals surface area contributed by atoms with E-state index in [4.69, 9.17) is 18.7 Å². The van der Waals surface area contributed by atoms with Crippen LogP contribution in [0.15, 0.2) is 48.8 Å². The molecule has 0 fully saturated rings. The first kappa shape index (κ1) is 31.4. The Morgan fingerprint density at radius 1 is 0.789 bits per heavy atom. The van der Waals surface area contributed by atoms with Gasteiger partial charge in [-0.05, 0) is 45.9 Å². The van der Waals surface area contributed by atoms with Crippen molar-refractivity contribution in [3.63, 3.8) is 0 Å². The molecule has 0 amide bonds. The lowest BCUT2D eigenvalue weighted by Gasteiger charge is -2.19. The fourth-order valence-electron chi connectivity index (χ4n) is 4.36. The van der Waals surface area contributed by atoms with Gasteiger partial charge >= 0.3 is 11.5 Å². The second kappa shape index (κ2) is 11.9. The molecular formula is C28H38F3N3O3S. The van der Waals surface area contributed by atoms with Crippen molar-refractivity contribution in [2.75, 3.05) is 5.73 Å². The molecular weight excluding hydrogens is 515 g/mol. The molecule has 0 aliphatic rings. The number of nitrogens with two attached hydrogens (primary N) is 1. The zero-order chi connectivity index (χ0) is 29.2. The quantitative estimate of drug-likeness (QED) is 0.205. The lowest BCUT2D eigenvalue weighted by molar-refractivity contribution is -0.580. The topological polar surface area (TPSA) is 92.0 Å². The minimum Gasteiger partial charge on any atom is -0.741 e. The molecule has 10 heteroatoms. The molecule has 3 rings (SSSR count). The molecule has 3 aromatic rings. The summed E-state index contributed by atoms with van der Waals surface area (Å²) >= 11 is 0. The van der Waals surface area contributed by atoms with Crippen molar-refractivity contribution in [1.29, 1.82) is 0 Å². The van der Waals surface area contributed by atoms with Gasteiger partial charge in [0.05, 0.1) is 0 Å². The number of imidazole rings is 1. The molecule has 0 atom stereocenters. The molecule has 0 bridgehead atoms. The fourth-order valence-corrected chi connectivity index (χ4v) is 4.36. The van der Waals surface area contributed by atoms with E-state index >= 15 is 0 Å². The normalized spacial score (nSPS) is 12.4. The number of halogens is 3. The molecule has 210 valence electrons. The zero-order valence-corrected chi connectivity index (χ0v) is 24.0. The molecule has 0 aliphatic heterocycles. The van der Waals surface area contributed by atoms with Crippen LogP contribution in [0.25, 0.3) is 11.4 Å². The minimum absolute atomic E-state index is 0.420. The van der Waals surface area contributed by atoms with Gasteiger partial charge in [0.15, 0.2) is 10.1 Å². The summed E-state index contributed by atoms with van der Waals surface area (Å²) in [6.07, 6.45) is 4.26. The number of aromatic nitrogens is 2. The molecule has 0 unspecified atom stereocenters. The largest absolute Gasteiger partial charge is 0.741 e. The minimum atomic E-state index is -6.09. The zero-order valence-electron chi connectivity index (χ0n) is 23.2. The van der Waals surface area contributed by atoms with Crippen molar-refractivity contribution < 1.29 is 30.7 Å². The van der Waals surface area contributed by atoms with Crippen LogP contribution in [0.3, 0.4) is 0 Å². The summed E-state index contributed by atoms with van der Waals surface area (Å²) < 4.78 is 63.3. The van der Waals surface area contributed by atoms with Gasteiger partial charge in [0.1, 0.15) is 23.8 Å². The lowest BCUT2D eigenvalue weighted by atomic mass is 9.92. The molecule has 1 heterocycles. The lowest BCUT2D eigenvalue weighted by Crippen LogP contribution is -2.36. The van der Waals surface area contributed by atoms with Gasteiger partial charge in [-0.2, -0.15) is 13.2 Å². The standard InChI is InChI=1S/C27H37N3.CHF3O3S/c1-17(2)21-11-9-12-22(18(3)4)25(21)29-15-16-30(27(29)28)26-23(19(5)6)13-10-14-24(26)20(7)8;2-1(3,4)8(5,6)7/h9-20,28H,1-8H3;(H,5,6,7). The Hall–Kier alpha value is -2.85. The van der Waals surface area contributed by atoms with E-state index in [0.29, 0.717) is 23.7 Å². The van der Waals surface area contributed by atoms with Crippen molar-refractivity contribution in [2.45, 2.75) is 84.6 Å². The number of para-hydroxylation sites is 2. The molecule has 2 N–H and O–H groups in total. The summed E-state index contributed by atoms with van der Waals surface area (Å²) in [5, 5.41) is 0. The molecule has 1 aromatic heterocycles. The SMILES string of the molecule is CC(C)c1cccc(C(C)C)c1-n1cc[n+](-c2c(C(C)C)cccc2C(C)C)c1N.O=S(=O)([O-])C(F)(F)F. The van der Waals surface area contributed by atoms with Gasteiger partial charge in [-0.15, -0.1) is 0 Å². The van der Waals surface area contributed by atoms with Crippen LogP contribution in [0, 0.1) is 0 Å². The third kappa shape index (κ3) is 6.77. The van der Waals surface area contributed by atoms with E-state index in [1.165, 1.54) is 33.6 Å². The van der Waals surface area contributed by atoms with Crippen LogP contribution < -0.4 is 10.3 Å². The monoisotopic (exact) mass is 553 g/mol. The van der Waals surface area contributed by atoms with Gasteiger partial charge in [-0.1, -0.05) is 91.8 Å². The first-order valence-corrected chi connectivity index (χ1v) is 14.0. The predicted molar refractivity (Wildman–Crippen MR) is 144 cm³/mol. The van der Waals surface area contributed by atoms with Crippen LogP contribution in [0.4, 0.5) is 19.1 Å². The molecule has 2 aromatic carbocycles. The second-order valence-electron chi connectivity index (χ2n) is 10.5. The molecule has 0 aliphatic carbocycles. The van der Waals surface area contributed by atoms with Crippen molar-refractivity contribution in [2.24, 2.45) is 0 Å². The number of alkyl halides is 3. The predicted octanol–water partition coefficient (Wildman–Crippen LogP) is 6.88. The highest BCUT2D eigenvalue weighted by Crippen LogP contribution is 2.33. The number of anilines is 1. The summed E-state index contributed by atoms with van der Waals surface area (Å²) in [6.45, 7) is 18.0. The Balaban J connectivity index is 0.000000550. The maximum Gasteiger partial charge on any atom is 0.485 e. The van der Waals surface area contributed by atoms with Crippen LogP contribution in [-0.2, 0) is 10.1 Å². The van der Waals surface area contributed by atoms with Crippen LogP contribution in [0.2, 0.25) is 0 Å². The molecule has 0 spiro atoms. The first-order valence-electron chi connectivity index (χ1n) is 12.6. The smallest absolute Gasteiger partial charge is 0.485 e.